The van der Waals surface area contributed by atoms with Gasteiger partial charge in [-0.15, -0.1) is 0 Å². The number of carbonyl (C=O) groups excluding carboxylic acids is 2. The predicted molar refractivity (Wildman–Crippen MR) is 143 cm³/mol. The number of allylic oxidation sites excluding steroid dienone is 3. The number of hydrogen-bond acceptors (Lipinski definition) is 5. The lowest BCUT2D eigenvalue weighted by Gasteiger charge is -2.22. The van der Waals surface area contributed by atoms with Crippen LogP contribution in [0, 0.1) is 0 Å². The van der Waals surface area contributed by atoms with Crippen LogP contribution in [0.4, 0.5) is 16.2 Å². The van der Waals surface area contributed by atoms with E-state index in [9.17, 15) is 9.59 Å². The van der Waals surface area contributed by atoms with Gasteiger partial charge in [0, 0.05) is 11.6 Å². The van der Waals surface area contributed by atoms with Gasteiger partial charge in [-0.1, -0.05) is 66.7 Å². The van der Waals surface area contributed by atoms with Gasteiger partial charge in [-0.3, -0.25) is 4.79 Å². The molecule has 6 heteroatoms. The molecule has 5 rings (SSSR count). The van der Waals surface area contributed by atoms with Crippen molar-refractivity contribution >= 4 is 29.3 Å². The van der Waals surface area contributed by atoms with E-state index >= 15 is 0 Å². The summed E-state index contributed by atoms with van der Waals surface area (Å²) in [5.41, 5.74) is 2.61. The normalized spacial score (nSPS) is 13.3. The highest BCUT2D eigenvalue weighted by Crippen LogP contribution is 2.35. The van der Waals surface area contributed by atoms with Crippen LogP contribution in [0.25, 0.3) is 6.08 Å². The molecule has 0 unspecified atom stereocenters. The number of amides is 1. The first kappa shape index (κ1) is 23.6. The van der Waals surface area contributed by atoms with E-state index in [-0.39, 0.29) is 17.3 Å². The van der Waals surface area contributed by atoms with Crippen molar-refractivity contribution in [1.82, 2.24) is 0 Å². The summed E-state index contributed by atoms with van der Waals surface area (Å²) >= 11 is 0. The maximum absolute atomic E-state index is 13.2. The second-order valence-corrected chi connectivity index (χ2v) is 8.10. The van der Waals surface area contributed by atoms with Gasteiger partial charge in [0.05, 0.1) is 24.0 Å². The number of rotatable bonds is 6. The zero-order chi connectivity index (χ0) is 25.6. The highest BCUT2D eigenvalue weighted by atomic mass is 16.6. The minimum absolute atomic E-state index is 0.180. The van der Waals surface area contributed by atoms with Gasteiger partial charge in [-0.25, -0.2) is 9.69 Å². The van der Waals surface area contributed by atoms with Crippen LogP contribution in [-0.2, 0) is 0 Å². The number of methoxy groups -OCH3 is 1. The molecule has 0 aliphatic carbocycles. The Bertz CT molecular complexity index is 1450. The van der Waals surface area contributed by atoms with Crippen LogP contribution in [-0.4, -0.2) is 19.0 Å². The van der Waals surface area contributed by atoms with Gasteiger partial charge in [0.2, 0.25) is 5.78 Å². The second kappa shape index (κ2) is 10.7. The quantitative estimate of drug-likeness (QED) is 0.268. The van der Waals surface area contributed by atoms with Crippen molar-refractivity contribution < 1.29 is 23.8 Å². The standard InChI is InChI=1S/C31H23NO5/c1-35-27-17-9-8-11-22(27)12-10-18-28-30(33)26-20-19-25(21-29(26)37-28)36-31(34)32(23-13-4-2-5-14-23)24-15-6-3-7-16-24/h2-21H,1H3. The Hall–Kier alpha value is -5.10. The number of ether oxygens (including phenoxy) is 3. The predicted octanol–water partition coefficient (Wildman–Crippen LogP) is 7.20. The largest absolute Gasteiger partial charge is 0.496 e. The fourth-order valence-electron chi connectivity index (χ4n) is 3.95. The molecule has 0 N–H and O–H groups in total. The van der Waals surface area contributed by atoms with Gasteiger partial charge < -0.3 is 14.2 Å². The van der Waals surface area contributed by atoms with Crippen LogP contribution in [0.3, 0.4) is 0 Å². The molecule has 1 heterocycles. The number of anilines is 2. The molecule has 0 aromatic heterocycles. The van der Waals surface area contributed by atoms with Crippen molar-refractivity contribution in [3.8, 4) is 17.2 Å². The van der Waals surface area contributed by atoms with Crippen LogP contribution in [0.2, 0.25) is 0 Å². The molecule has 0 fully saturated rings. The Morgan fingerprint density at radius 2 is 1.49 bits per heavy atom. The number of nitrogens with zero attached hydrogens (tertiary/aromatic N) is 1. The fraction of sp³-hybridized carbons (Fsp3) is 0.0323. The molecule has 4 aromatic rings. The molecule has 0 saturated heterocycles. The third-order valence-electron chi connectivity index (χ3n) is 5.72. The number of fused-ring (bicyclic) bond motifs is 1. The molecule has 0 spiro atoms. The van der Waals surface area contributed by atoms with Crippen molar-refractivity contribution in [2.24, 2.45) is 0 Å². The highest BCUT2D eigenvalue weighted by molar-refractivity contribution is 6.12. The lowest BCUT2D eigenvalue weighted by atomic mass is 10.1. The SMILES string of the molecule is COc1ccccc1C=CC=C1Oc2cc(OC(=O)N(c3ccccc3)c3ccccc3)ccc2C1=O. The number of carbonyl (C=O) groups is 2. The summed E-state index contributed by atoms with van der Waals surface area (Å²) in [6, 6.07) is 30.8. The first-order valence-corrected chi connectivity index (χ1v) is 11.6. The molecule has 182 valence electrons. The first-order valence-electron chi connectivity index (χ1n) is 11.6. The van der Waals surface area contributed by atoms with Gasteiger partial charge in [0.15, 0.2) is 5.76 Å². The Morgan fingerprint density at radius 3 is 2.16 bits per heavy atom. The van der Waals surface area contributed by atoms with Crippen molar-refractivity contribution in [3.05, 3.63) is 132 Å². The molecular weight excluding hydrogens is 466 g/mol. The van der Waals surface area contributed by atoms with E-state index in [2.05, 4.69) is 0 Å². The van der Waals surface area contributed by atoms with Crippen LogP contribution >= 0.6 is 0 Å². The summed E-state index contributed by atoms with van der Waals surface area (Å²) in [4.78, 5) is 27.5. The molecule has 0 bridgehead atoms. The summed E-state index contributed by atoms with van der Waals surface area (Å²) in [5, 5.41) is 0. The summed E-state index contributed by atoms with van der Waals surface area (Å²) < 4.78 is 16.8. The lowest BCUT2D eigenvalue weighted by molar-refractivity contribution is 0.101. The van der Waals surface area contributed by atoms with E-state index in [0.717, 1.165) is 11.3 Å². The smallest absolute Gasteiger partial charge is 0.424 e. The van der Waals surface area contributed by atoms with E-state index < -0.39 is 6.09 Å². The highest BCUT2D eigenvalue weighted by Gasteiger charge is 2.28. The maximum atomic E-state index is 13.2. The number of para-hydroxylation sites is 3. The van der Waals surface area contributed by atoms with Crippen molar-refractivity contribution in [2.75, 3.05) is 12.0 Å². The van der Waals surface area contributed by atoms with Crippen LogP contribution in [0.15, 0.2) is 121 Å². The monoisotopic (exact) mass is 489 g/mol. The molecular formula is C31H23NO5. The molecule has 37 heavy (non-hydrogen) atoms. The third-order valence-corrected chi connectivity index (χ3v) is 5.72. The summed E-state index contributed by atoms with van der Waals surface area (Å²) in [7, 11) is 1.61. The van der Waals surface area contributed by atoms with Crippen LogP contribution < -0.4 is 19.1 Å². The fourth-order valence-corrected chi connectivity index (χ4v) is 3.95. The Morgan fingerprint density at radius 1 is 0.838 bits per heavy atom. The average Bonchev–Trinajstić information content (AvgIpc) is 3.24. The molecule has 0 radical (unpaired) electrons. The van der Waals surface area contributed by atoms with E-state index in [1.165, 1.54) is 4.90 Å². The maximum Gasteiger partial charge on any atom is 0.424 e. The van der Waals surface area contributed by atoms with Crippen LogP contribution in [0.1, 0.15) is 15.9 Å². The topological polar surface area (TPSA) is 65.1 Å². The van der Waals surface area contributed by atoms with E-state index in [4.69, 9.17) is 14.2 Å². The Kier molecular flexibility index (Phi) is 6.81. The zero-order valence-electron chi connectivity index (χ0n) is 20.0. The minimum atomic E-state index is -0.586. The minimum Gasteiger partial charge on any atom is -0.496 e. The van der Waals surface area contributed by atoms with Gasteiger partial charge in [-0.2, -0.15) is 0 Å². The number of hydrogen-bond donors (Lipinski definition) is 0. The summed E-state index contributed by atoms with van der Waals surface area (Å²) in [5.74, 6) is 1.26. The molecule has 0 atom stereocenters. The van der Waals surface area contributed by atoms with E-state index in [0.29, 0.717) is 22.7 Å². The van der Waals surface area contributed by atoms with Gasteiger partial charge >= 0.3 is 6.09 Å². The zero-order valence-corrected chi connectivity index (χ0v) is 20.0. The summed E-state index contributed by atoms with van der Waals surface area (Å²) in [6.45, 7) is 0. The molecule has 1 amide bonds. The van der Waals surface area contributed by atoms with Crippen molar-refractivity contribution in [2.45, 2.75) is 0 Å². The number of ketones is 1. The lowest BCUT2D eigenvalue weighted by Crippen LogP contribution is -2.29. The molecule has 4 aromatic carbocycles. The van der Waals surface area contributed by atoms with Gasteiger partial charge in [-0.05, 0) is 48.5 Å². The number of benzene rings is 4. The molecule has 1 aliphatic heterocycles. The van der Waals surface area contributed by atoms with Crippen molar-refractivity contribution in [3.63, 3.8) is 0 Å². The third kappa shape index (κ3) is 5.13. The number of Topliss-reactive ketones (excluding diaryl/α,β-unsaturated/α-hetero) is 1. The average molecular weight is 490 g/mol. The van der Waals surface area contributed by atoms with E-state index in [1.54, 1.807) is 37.5 Å². The molecule has 6 nitrogen and oxygen atoms in total. The van der Waals surface area contributed by atoms with E-state index in [1.807, 2.05) is 91.0 Å². The van der Waals surface area contributed by atoms with Gasteiger partial charge in [0.1, 0.15) is 17.2 Å². The van der Waals surface area contributed by atoms with Gasteiger partial charge in [0.25, 0.3) is 0 Å². The molecule has 1 aliphatic rings. The molecule has 0 saturated carbocycles. The first-order chi connectivity index (χ1) is 18.1. The Balaban J connectivity index is 1.35. The summed E-state index contributed by atoms with van der Waals surface area (Å²) in [6.07, 6.45) is 4.58. The second-order valence-electron chi connectivity index (χ2n) is 8.10. The van der Waals surface area contributed by atoms with Crippen molar-refractivity contribution in [1.29, 1.82) is 0 Å². The Labute approximate surface area is 214 Å². The van der Waals surface area contributed by atoms with Crippen LogP contribution in [0.5, 0.6) is 17.2 Å².